The number of hydrogen-bond acceptors (Lipinski definition) is 7. The Kier molecular flexibility index (Phi) is 6.12. The molecule has 3 heterocycles. The lowest BCUT2D eigenvalue weighted by Gasteiger charge is -2.19. The van der Waals surface area contributed by atoms with E-state index in [9.17, 15) is 4.79 Å². The highest BCUT2D eigenvalue weighted by Crippen LogP contribution is 2.46. The molecule has 0 bridgehead atoms. The van der Waals surface area contributed by atoms with E-state index in [-0.39, 0.29) is 12.1 Å². The molecule has 2 aromatic heterocycles. The fraction of sp³-hybridized carbons (Fsp3) is 0.433. The fourth-order valence-electron chi connectivity index (χ4n) is 6.40. The number of ether oxygens (including phenoxy) is 2. The Balaban J connectivity index is 1.03. The molecule has 1 N–H and O–H groups in total. The number of halogens is 1. The number of nitrogens with one attached hydrogen (secondary N) is 1. The summed E-state index contributed by atoms with van der Waals surface area (Å²) in [5.41, 5.74) is 6.12. The summed E-state index contributed by atoms with van der Waals surface area (Å²) in [4.78, 5) is 22.4. The van der Waals surface area contributed by atoms with E-state index in [4.69, 9.17) is 30.6 Å². The van der Waals surface area contributed by atoms with Crippen LogP contribution < -0.4 is 4.90 Å². The monoisotopic (exact) mass is 546 g/mol. The molecule has 8 nitrogen and oxygen atoms in total. The van der Waals surface area contributed by atoms with E-state index in [1.54, 1.807) is 12.1 Å². The van der Waals surface area contributed by atoms with Crippen LogP contribution in [0.1, 0.15) is 58.8 Å². The molecule has 0 spiro atoms. The number of methoxy groups -OCH3 is 1. The van der Waals surface area contributed by atoms with Gasteiger partial charge in [0.15, 0.2) is 0 Å². The van der Waals surface area contributed by atoms with Gasteiger partial charge in [0.1, 0.15) is 11.5 Å². The van der Waals surface area contributed by atoms with Crippen LogP contribution in [0.5, 0.6) is 0 Å². The van der Waals surface area contributed by atoms with Crippen LogP contribution in [0, 0.1) is 18.8 Å². The zero-order valence-corrected chi connectivity index (χ0v) is 22.8. The van der Waals surface area contributed by atoms with E-state index in [0.717, 1.165) is 83.9 Å². The summed E-state index contributed by atoms with van der Waals surface area (Å²) in [7, 11) is 1.39. The minimum atomic E-state index is -0.348. The first-order valence-electron chi connectivity index (χ1n) is 13.7. The van der Waals surface area contributed by atoms with E-state index in [1.807, 2.05) is 18.2 Å². The van der Waals surface area contributed by atoms with E-state index in [2.05, 4.69) is 28.0 Å². The van der Waals surface area contributed by atoms with Gasteiger partial charge in [0.05, 0.1) is 41.4 Å². The van der Waals surface area contributed by atoms with Gasteiger partial charge in [0, 0.05) is 30.1 Å². The number of aromatic amines is 1. The number of rotatable bonds is 7. The summed E-state index contributed by atoms with van der Waals surface area (Å²) in [6, 6.07) is 11.3. The van der Waals surface area contributed by atoms with Gasteiger partial charge < -0.3 is 23.9 Å². The summed E-state index contributed by atoms with van der Waals surface area (Å²) in [6.45, 7) is 4.44. The van der Waals surface area contributed by atoms with Gasteiger partial charge in [-0.25, -0.2) is 9.78 Å². The molecular weight excluding hydrogens is 516 g/mol. The molecule has 0 radical (unpaired) electrons. The molecule has 2 aliphatic carbocycles. The number of esters is 1. The predicted molar refractivity (Wildman–Crippen MR) is 148 cm³/mol. The van der Waals surface area contributed by atoms with Crippen LogP contribution in [-0.2, 0) is 16.1 Å². The average molecular weight is 547 g/mol. The van der Waals surface area contributed by atoms with Crippen molar-refractivity contribution in [3.05, 3.63) is 63.9 Å². The lowest BCUT2D eigenvalue weighted by Crippen LogP contribution is -2.24. The summed E-state index contributed by atoms with van der Waals surface area (Å²) in [6.07, 6.45) is 4.54. The Morgan fingerprint density at radius 1 is 1.18 bits per heavy atom. The lowest BCUT2D eigenvalue weighted by atomic mass is 10.0. The van der Waals surface area contributed by atoms with E-state index in [1.165, 1.54) is 7.11 Å². The van der Waals surface area contributed by atoms with Gasteiger partial charge in [-0.05, 0) is 74.3 Å². The van der Waals surface area contributed by atoms with Crippen molar-refractivity contribution in [3.8, 4) is 11.3 Å². The van der Waals surface area contributed by atoms with Crippen LogP contribution >= 0.6 is 11.6 Å². The Bertz CT molecular complexity index is 1520. The number of benzene rings is 2. The topological polar surface area (TPSA) is 93.5 Å². The second-order valence-electron chi connectivity index (χ2n) is 11.2. The third-order valence-corrected chi connectivity index (χ3v) is 8.90. The standard InChI is InChI=1S/C30H31ClN4O4/c1-16-4-3-5-23(31)26(16)27-22(28(39-34-27)17-6-7-17)15-38-21-10-19-13-35(14-20(19)11-21)30-32-24-9-8-18(29(36)37-2)12-25(24)33-30/h3-5,8-9,12,17,19-21H,6-7,10-11,13-15H2,1-2H3,(H,32,33)/t19-,20?,21?/m0/s1. The zero-order chi connectivity index (χ0) is 26.7. The Hall–Kier alpha value is -3.36. The summed E-state index contributed by atoms with van der Waals surface area (Å²) in [5.74, 6) is 3.04. The number of hydrogen-bond donors (Lipinski definition) is 1. The number of fused-ring (bicyclic) bond motifs is 2. The first kappa shape index (κ1) is 24.7. The number of imidazole rings is 1. The molecule has 9 heteroatoms. The first-order valence-corrected chi connectivity index (χ1v) is 14.0. The van der Waals surface area contributed by atoms with Crippen LogP contribution in [0.4, 0.5) is 5.95 Å². The maximum atomic E-state index is 11.9. The number of aryl methyl sites for hydroxylation is 1. The van der Waals surface area contributed by atoms with Gasteiger partial charge in [-0.2, -0.15) is 0 Å². The molecule has 202 valence electrons. The van der Waals surface area contributed by atoms with Crippen LogP contribution in [-0.4, -0.2) is 47.4 Å². The summed E-state index contributed by atoms with van der Waals surface area (Å²) >= 11 is 6.60. The van der Waals surface area contributed by atoms with Gasteiger partial charge in [0.25, 0.3) is 0 Å². The summed E-state index contributed by atoms with van der Waals surface area (Å²) < 4.78 is 17.3. The number of carbonyl (C=O) groups excluding carboxylic acids is 1. The van der Waals surface area contributed by atoms with Crippen molar-refractivity contribution in [3.63, 3.8) is 0 Å². The third kappa shape index (κ3) is 4.49. The van der Waals surface area contributed by atoms with Crippen molar-refractivity contribution in [2.24, 2.45) is 11.8 Å². The lowest BCUT2D eigenvalue weighted by molar-refractivity contribution is 0.0402. The highest BCUT2D eigenvalue weighted by Gasteiger charge is 2.42. The molecule has 3 fully saturated rings. The molecule has 0 amide bonds. The molecule has 1 aliphatic heterocycles. The van der Waals surface area contributed by atoms with Crippen molar-refractivity contribution in [2.75, 3.05) is 25.1 Å². The highest BCUT2D eigenvalue weighted by molar-refractivity contribution is 6.33. The van der Waals surface area contributed by atoms with Crippen molar-refractivity contribution in [1.29, 1.82) is 0 Å². The minimum absolute atomic E-state index is 0.211. The van der Waals surface area contributed by atoms with Gasteiger partial charge >= 0.3 is 5.97 Å². The highest BCUT2D eigenvalue weighted by atomic mass is 35.5. The average Bonchev–Trinajstić information content (AvgIpc) is 3.24. The van der Waals surface area contributed by atoms with Crippen molar-refractivity contribution in [2.45, 2.75) is 51.2 Å². The maximum Gasteiger partial charge on any atom is 0.337 e. The second-order valence-corrected chi connectivity index (χ2v) is 11.6. The van der Waals surface area contributed by atoms with Crippen LogP contribution in [0.3, 0.4) is 0 Å². The molecule has 3 aliphatic rings. The largest absolute Gasteiger partial charge is 0.465 e. The zero-order valence-electron chi connectivity index (χ0n) is 22.1. The molecule has 1 saturated heterocycles. The Morgan fingerprint density at radius 2 is 1.97 bits per heavy atom. The number of carbonyl (C=O) groups is 1. The van der Waals surface area contributed by atoms with E-state index >= 15 is 0 Å². The van der Waals surface area contributed by atoms with Crippen LogP contribution in [0.15, 0.2) is 40.9 Å². The third-order valence-electron chi connectivity index (χ3n) is 8.59. The van der Waals surface area contributed by atoms with Crippen molar-refractivity contribution in [1.82, 2.24) is 15.1 Å². The van der Waals surface area contributed by atoms with Gasteiger partial charge in [-0.3, -0.25) is 0 Å². The molecule has 2 aromatic carbocycles. The van der Waals surface area contributed by atoms with E-state index < -0.39 is 0 Å². The van der Waals surface area contributed by atoms with Gasteiger partial charge in [-0.15, -0.1) is 0 Å². The van der Waals surface area contributed by atoms with Crippen LogP contribution in [0.2, 0.25) is 5.02 Å². The Morgan fingerprint density at radius 3 is 2.69 bits per heavy atom. The molecular formula is C30H31ClN4O4. The number of H-pyrrole nitrogens is 1. The number of nitrogens with zero attached hydrogens (tertiary/aromatic N) is 3. The van der Waals surface area contributed by atoms with Crippen molar-refractivity contribution >= 4 is 34.6 Å². The maximum absolute atomic E-state index is 11.9. The Labute approximate surface area is 231 Å². The van der Waals surface area contributed by atoms with Gasteiger partial charge in [-0.1, -0.05) is 28.9 Å². The van der Waals surface area contributed by atoms with Gasteiger partial charge in [0.2, 0.25) is 5.95 Å². The molecule has 3 atom stereocenters. The predicted octanol–water partition coefficient (Wildman–Crippen LogP) is 6.28. The molecule has 2 saturated carbocycles. The summed E-state index contributed by atoms with van der Waals surface area (Å²) in [5, 5.41) is 5.16. The molecule has 7 rings (SSSR count). The van der Waals surface area contributed by atoms with Crippen LogP contribution in [0.25, 0.3) is 22.3 Å². The minimum Gasteiger partial charge on any atom is -0.465 e. The normalized spacial score (nSPS) is 22.5. The van der Waals surface area contributed by atoms with Crippen molar-refractivity contribution < 1.29 is 18.8 Å². The molecule has 39 heavy (non-hydrogen) atoms. The smallest absolute Gasteiger partial charge is 0.337 e. The second kappa shape index (κ2) is 9.68. The number of anilines is 1. The fourth-order valence-corrected chi connectivity index (χ4v) is 6.71. The number of aromatic nitrogens is 3. The van der Waals surface area contributed by atoms with E-state index in [0.29, 0.717) is 34.9 Å². The quantitative estimate of drug-likeness (QED) is 0.273. The molecule has 2 unspecified atom stereocenters. The SMILES string of the molecule is COC(=O)c1ccc2nc(N3CC4CC(OCc5c(-c6c(C)cccc6Cl)noc5C5CC5)C[C@H]4C3)[nH]c2c1. The molecule has 4 aromatic rings. The first-order chi connectivity index (χ1) is 19.0.